The Labute approximate surface area is 82.0 Å². The Morgan fingerprint density at radius 1 is 1.43 bits per heavy atom. The first-order valence-corrected chi connectivity index (χ1v) is 4.39. The van der Waals surface area contributed by atoms with E-state index in [2.05, 4.69) is 5.16 Å². The van der Waals surface area contributed by atoms with Crippen LogP contribution in [0, 0.1) is 0 Å². The average molecular weight is 192 g/mol. The van der Waals surface area contributed by atoms with Crippen LogP contribution in [0.3, 0.4) is 0 Å². The van der Waals surface area contributed by atoms with Gasteiger partial charge < -0.3 is 9.94 Å². The fraction of sp³-hybridized carbons (Fsp3) is 0.300. The predicted octanol–water partition coefficient (Wildman–Crippen LogP) is 0.781. The Bertz CT molecular complexity index is 360. The normalized spacial score (nSPS) is 31.1. The van der Waals surface area contributed by atoms with Crippen molar-refractivity contribution in [1.29, 1.82) is 0 Å². The molecule has 14 heavy (non-hydrogen) atoms. The van der Waals surface area contributed by atoms with Gasteiger partial charge in [0.2, 0.25) is 5.72 Å². The quantitative estimate of drug-likeness (QED) is 0.646. The monoisotopic (exact) mass is 192 g/mol. The predicted molar refractivity (Wildman–Crippen MR) is 52.5 cm³/mol. The zero-order valence-corrected chi connectivity index (χ0v) is 7.84. The van der Waals surface area contributed by atoms with Crippen LogP contribution in [0.25, 0.3) is 0 Å². The number of hydrogen-bond acceptors (Lipinski definition) is 4. The third-order valence-corrected chi connectivity index (χ3v) is 2.38. The van der Waals surface area contributed by atoms with Crippen molar-refractivity contribution in [3.05, 3.63) is 35.9 Å². The molecule has 1 aromatic rings. The summed E-state index contributed by atoms with van der Waals surface area (Å²) in [5.41, 5.74) is 5.41. The van der Waals surface area contributed by atoms with E-state index in [4.69, 9.17) is 10.6 Å². The summed E-state index contributed by atoms with van der Waals surface area (Å²) in [4.78, 5) is 5.08. The maximum Gasteiger partial charge on any atom is 0.200 e. The summed E-state index contributed by atoms with van der Waals surface area (Å²) >= 11 is 0. The van der Waals surface area contributed by atoms with Crippen molar-refractivity contribution in [1.82, 2.24) is 0 Å². The van der Waals surface area contributed by atoms with Crippen molar-refractivity contribution < 1.29 is 9.94 Å². The van der Waals surface area contributed by atoms with Crippen molar-refractivity contribution >= 4 is 5.71 Å². The van der Waals surface area contributed by atoms with Crippen LogP contribution in [0.5, 0.6) is 0 Å². The Morgan fingerprint density at radius 2 is 2.07 bits per heavy atom. The average Bonchev–Trinajstić information content (AvgIpc) is 2.44. The molecule has 1 aromatic carbocycles. The Morgan fingerprint density at radius 3 is 2.57 bits per heavy atom. The number of oxime groups is 1. The molecule has 2 atom stereocenters. The molecule has 2 rings (SSSR count). The van der Waals surface area contributed by atoms with Gasteiger partial charge in [0.1, 0.15) is 5.71 Å². The smallest absolute Gasteiger partial charge is 0.200 e. The number of aliphatic hydroxyl groups is 1. The molecule has 0 saturated heterocycles. The van der Waals surface area contributed by atoms with Crippen LogP contribution in [0.4, 0.5) is 0 Å². The first-order chi connectivity index (χ1) is 6.62. The number of nitrogens with zero attached hydrogens (tertiary/aromatic N) is 1. The van der Waals surface area contributed by atoms with Gasteiger partial charge >= 0.3 is 0 Å². The molecule has 1 aliphatic rings. The van der Waals surface area contributed by atoms with Gasteiger partial charge in [0.05, 0.1) is 0 Å². The highest BCUT2D eigenvalue weighted by molar-refractivity contribution is 5.91. The fourth-order valence-electron chi connectivity index (χ4n) is 1.42. The topological polar surface area (TPSA) is 67.8 Å². The van der Waals surface area contributed by atoms with E-state index in [1.165, 1.54) is 0 Å². The van der Waals surface area contributed by atoms with Gasteiger partial charge in [-0.3, -0.25) is 5.73 Å². The van der Waals surface area contributed by atoms with Gasteiger partial charge in [-0.25, -0.2) is 0 Å². The van der Waals surface area contributed by atoms with Gasteiger partial charge in [-0.1, -0.05) is 35.5 Å². The molecular weight excluding hydrogens is 180 g/mol. The summed E-state index contributed by atoms with van der Waals surface area (Å²) < 4.78 is 0. The van der Waals surface area contributed by atoms with E-state index in [1.807, 2.05) is 30.3 Å². The Hall–Kier alpha value is -1.39. The second-order valence-corrected chi connectivity index (χ2v) is 3.40. The van der Waals surface area contributed by atoms with E-state index >= 15 is 0 Å². The van der Waals surface area contributed by atoms with E-state index in [1.54, 1.807) is 6.92 Å². The highest BCUT2D eigenvalue weighted by Crippen LogP contribution is 2.32. The van der Waals surface area contributed by atoms with E-state index in [-0.39, 0.29) is 0 Å². The van der Waals surface area contributed by atoms with Gasteiger partial charge in [0, 0.05) is 0 Å². The van der Waals surface area contributed by atoms with Crippen LogP contribution in [-0.4, -0.2) is 16.5 Å². The highest BCUT2D eigenvalue weighted by Gasteiger charge is 2.44. The first kappa shape index (κ1) is 9.18. The minimum Gasteiger partial charge on any atom is -0.382 e. The summed E-state index contributed by atoms with van der Waals surface area (Å²) in [5.74, 6) is 0. The zero-order chi connectivity index (χ0) is 10.2. The van der Waals surface area contributed by atoms with Crippen LogP contribution in [0.15, 0.2) is 35.5 Å². The van der Waals surface area contributed by atoms with Gasteiger partial charge in [0.25, 0.3) is 0 Å². The second-order valence-electron chi connectivity index (χ2n) is 3.40. The zero-order valence-electron chi connectivity index (χ0n) is 7.84. The number of hydrogen-bond donors (Lipinski definition) is 2. The van der Waals surface area contributed by atoms with Gasteiger partial charge in [-0.15, -0.1) is 0 Å². The first-order valence-electron chi connectivity index (χ1n) is 4.39. The summed E-state index contributed by atoms with van der Waals surface area (Å²) in [7, 11) is 0. The van der Waals surface area contributed by atoms with Crippen LogP contribution in [0.2, 0.25) is 0 Å². The lowest BCUT2D eigenvalue weighted by molar-refractivity contribution is -0.0379. The van der Waals surface area contributed by atoms with Crippen molar-refractivity contribution in [2.75, 3.05) is 0 Å². The van der Waals surface area contributed by atoms with Crippen molar-refractivity contribution in [2.24, 2.45) is 10.9 Å². The van der Waals surface area contributed by atoms with Crippen molar-refractivity contribution in [3.63, 3.8) is 0 Å². The molecule has 4 heteroatoms. The maximum atomic E-state index is 9.90. The van der Waals surface area contributed by atoms with E-state index in [0.717, 1.165) is 5.56 Å². The lowest BCUT2D eigenvalue weighted by Gasteiger charge is -2.23. The lowest BCUT2D eigenvalue weighted by atomic mass is 9.97. The molecule has 1 aliphatic heterocycles. The highest BCUT2D eigenvalue weighted by atomic mass is 16.7. The van der Waals surface area contributed by atoms with Crippen LogP contribution >= 0.6 is 0 Å². The van der Waals surface area contributed by atoms with Crippen LogP contribution in [0.1, 0.15) is 18.6 Å². The molecule has 1 heterocycles. The molecule has 0 fully saturated rings. The molecule has 0 saturated carbocycles. The molecule has 0 aromatic heterocycles. The van der Waals surface area contributed by atoms with Gasteiger partial charge in [0.15, 0.2) is 6.10 Å². The van der Waals surface area contributed by atoms with E-state index in [0.29, 0.717) is 5.71 Å². The molecule has 0 radical (unpaired) electrons. The third kappa shape index (κ3) is 1.29. The minimum absolute atomic E-state index is 0.395. The minimum atomic E-state index is -1.50. The summed E-state index contributed by atoms with van der Waals surface area (Å²) in [6.07, 6.45) is -0.608. The molecule has 3 N–H and O–H groups in total. The standard InChI is InChI=1S/C10H12N2O2/c1-7-10(11,13)9(14-12-7)8-5-3-2-4-6-8/h2-6,9,13H,11H2,1H3. The van der Waals surface area contributed by atoms with Crippen molar-refractivity contribution in [2.45, 2.75) is 18.8 Å². The fourth-order valence-corrected chi connectivity index (χ4v) is 1.42. The van der Waals surface area contributed by atoms with Gasteiger partial charge in [-0.05, 0) is 12.5 Å². The number of rotatable bonds is 1. The molecule has 4 nitrogen and oxygen atoms in total. The molecule has 0 amide bonds. The Balaban J connectivity index is 2.32. The summed E-state index contributed by atoms with van der Waals surface area (Å²) in [5, 5.41) is 13.6. The van der Waals surface area contributed by atoms with Crippen LogP contribution < -0.4 is 5.73 Å². The number of benzene rings is 1. The van der Waals surface area contributed by atoms with Crippen molar-refractivity contribution in [3.8, 4) is 0 Å². The Kier molecular flexibility index (Phi) is 2.02. The molecule has 0 spiro atoms. The maximum absolute atomic E-state index is 9.90. The van der Waals surface area contributed by atoms with Gasteiger partial charge in [-0.2, -0.15) is 0 Å². The molecule has 0 bridgehead atoms. The molecule has 0 aliphatic carbocycles. The molecular formula is C10H12N2O2. The lowest BCUT2D eigenvalue weighted by Crippen LogP contribution is -2.49. The van der Waals surface area contributed by atoms with E-state index < -0.39 is 11.8 Å². The summed E-state index contributed by atoms with van der Waals surface area (Å²) in [6, 6.07) is 9.31. The number of nitrogens with two attached hydrogens (primary N) is 1. The largest absolute Gasteiger partial charge is 0.382 e. The van der Waals surface area contributed by atoms with Crippen LogP contribution in [-0.2, 0) is 4.84 Å². The third-order valence-electron chi connectivity index (χ3n) is 2.38. The molecule has 74 valence electrons. The SMILES string of the molecule is CC1=NOC(c2ccccc2)C1(N)O. The summed E-state index contributed by atoms with van der Waals surface area (Å²) in [6.45, 7) is 1.64. The van der Waals surface area contributed by atoms with E-state index in [9.17, 15) is 5.11 Å². The molecule has 2 unspecified atom stereocenters. The second kappa shape index (κ2) is 3.08.